The molecular weight excluding hydrogens is 439 g/mol. The number of nitrogens with zero attached hydrogens (tertiary/aromatic N) is 3. The van der Waals surface area contributed by atoms with Crippen LogP contribution < -0.4 is 5.56 Å². The van der Waals surface area contributed by atoms with Crippen LogP contribution in [0.2, 0.25) is 5.02 Å². The normalized spacial score (nSPS) is 17.1. The predicted octanol–water partition coefficient (Wildman–Crippen LogP) is 4.64. The van der Waals surface area contributed by atoms with Crippen LogP contribution in [0.4, 0.5) is 13.2 Å². The predicted molar refractivity (Wildman–Crippen MR) is 110 cm³/mol. The molecule has 4 rings (SSSR count). The lowest BCUT2D eigenvalue weighted by Gasteiger charge is -2.27. The Balaban J connectivity index is 1.73. The summed E-state index contributed by atoms with van der Waals surface area (Å²) in [4.78, 5) is 31.6. The molecule has 1 aliphatic heterocycles. The van der Waals surface area contributed by atoms with Gasteiger partial charge >= 0.3 is 6.18 Å². The summed E-state index contributed by atoms with van der Waals surface area (Å²) in [5.41, 5.74) is 0.975. The van der Waals surface area contributed by atoms with Gasteiger partial charge in [-0.05, 0) is 37.5 Å². The summed E-state index contributed by atoms with van der Waals surface area (Å²) in [5, 5.41) is 2.70. The second-order valence-corrected chi connectivity index (χ2v) is 8.47. The molecule has 1 unspecified atom stereocenters. The van der Waals surface area contributed by atoms with Crippen molar-refractivity contribution in [3.63, 3.8) is 0 Å². The van der Waals surface area contributed by atoms with E-state index in [0.29, 0.717) is 20.8 Å². The Morgan fingerprint density at radius 2 is 2.00 bits per heavy atom. The van der Waals surface area contributed by atoms with Crippen LogP contribution in [0.3, 0.4) is 0 Å². The van der Waals surface area contributed by atoms with Crippen molar-refractivity contribution in [2.75, 3.05) is 6.54 Å². The topological polar surface area (TPSA) is 55.2 Å². The fourth-order valence-corrected chi connectivity index (χ4v) is 4.89. The average Bonchev–Trinajstić information content (AvgIpc) is 3.32. The number of fused-ring (bicyclic) bond motifs is 1. The Kier molecular flexibility index (Phi) is 5.36. The van der Waals surface area contributed by atoms with Crippen molar-refractivity contribution in [2.24, 2.45) is 0 Å². The number of hydrogen-bond acceptors (Lipinski definition) is 4. The van der Waals surface area contributed by atoms with Crippen LogP contribution in [0.5, 0.6) is 0 Å². The second kappa shape index (κ2) is 7.70. The minimum absolute atomic E-state index is 0.0287. The molecule has 158 valence electrons. The number of alkyl halides is 3. The Morgan fingerprint density at radius 3 is 2.67 bits per heavy atom. The molecule has 10 heteroatoms. The highest BCUT2D eigenvalue weighted by Gasteiger charge is 2.47. The van der Waals surface area contributed by atoms with Gasteiger partial charge in [0, 0.05) is 22.5 Å². The van der Waals surface area contributed by atoms with Crippen molar-refractivity contribution in [1.29, 1.82) is 0 Å². The highest BCUT2D eigenvalue weighted by Crippen LogP contribution is 2.33. The molecule has 1 atom stereocenters. The van der Waals surface area contributed by atoms with E-state index in [4.69, 9.17) is 11.6 Å². The van der Waals surface area contributed by atoms with Crippen LogP contribution in [0.15, 0.2) is 34.4 Å². The lowest BCUT2D eigenvalue weighted by Crippen LogP contribution is -2.46. The SMILES string of the molecule is Cc1nc2scc(-c3ccc(Cl)cc3)c2c(=O)n1CC(=O)N1CCCC1C(F)(F)F. The third-order valence-electron chi connectivity index (χ3n) is 5.28. The summed E-state index contributed by atoms with van der Waals surface area (Å²) in [5.74, 6) is -0.447. The maximum absolute atomic E-state index is 13.2. The van der Waals surface area contributed by atoms with Gasteiger partial charge in [0.05, 0.1) is 5.39 Å². The maximum Gasteiger partial charge on any atom is 0.408 e. The van der Waals surface area contributed by atoms with Gasteiger partial charge < -0.3 is 4.90 Å². The quantitative estimate of drug-likeness (QED) is 0.578. The zero-order valence-electron chi connectivity index (χ0n) is 15.9. The number of benzene rings is 1. The highest BCUT2D eigenvalue weighted by atomic mass is 35.5. The van der Waals surface area contributed by atoms with Crippen molar-refractivity contribution in [1.82, 2.24) is 14.5 Å². The van der Waals surface area contributed by atoms with E-state index in [9.17, 15) is 22.8 Å². The molecule has 2 aromatic heterocycles. The summed E-state index contributed by atoms with van der Waals surface area (Å²) >= 11 is 7.23. The standard InChI is InChI=1S/C20H17ClF3N3O2S/c1-11-25-18-17(14(10-30-18)12-4-6-13(21)7-5-12)19(29)27(11)9-16(28)26-8-2-3-15(26)20(22,23)24/h4-7,10,15H,2-3,8-9H2,1H3. The molecule has 5 nitrogen and oxygen atoms in total. The van der Waals surface area contributed by atoms with Gasteiger partial charge in [0.15, 0.2) is 0 Å². The minimum atomic E-state index is -4.48. The van der Waals surface area contributed by atoms with E-state index in [1.165, 1.54) is 11.3 Å². The van der Waals surface area contributed by atoms with Gasteiger partial charge in [-0.15, -0.1) is 11.3 Å². The van der Waals surface area contributed by atoms with Crippen LogP contribution in [-0.2, 0) is 11.3 Å². The Hall–Kier alpha value is -2.39. The fraction of sp³-hybridized carbons (Fsp3) is 0.350. The molecule has 1 amide bonds. The molecule has 3 aromatic rings. The van der Waals surface area contributed by atoms with Crippen molar-refractivity contribution >= 4 is 39.1 Å². The van der Waals surface area contributed by atoms with E-state index in [1.807, 2.05) is 0 Å². The Labute approximate surface area is 178 Å². The molecule has 0 aliphatic carbocycles. The first-order chi connectivity index (χ1) is 14.2. The number of hydrogen-bond donors (Lipinski definition) is 0. The van der Waals surface area contributed by atoms with E-state index in [1.54, 1.807) is 36.6 Å². The molecule has 1 aromatic carbocycles. The summed E-state index contributed by atoms with van der Waals surface area (Å²) in [6.45, 7) is 1.12. The summed E-state index contributed by atoms with van der Waals surface area (Å²) in [6.07, 6.45) is -4.32. The van der Waals surface area contributed by atoms with Crippen LogP contribution in [0.25, 0.3) is 21.3 Å². The number of amides is 1. The number of carbonyl (C=O) groups excluding carboxylic acids is 1. The molecule has 3 heterocycles. The van der Waals surface area contributed by atoms with Gasteiger partial charge in [0.1, 0.15) is 23.2 Å². The molecule has 0 N–H and O–H groups in total. The lowest BCUT2D eigenvalue weighted by atomic mass is 10.1. The largest absolute Gasteiger partial charge is 0.408 e. The average molecular weight is 456 g/mol. The Morgan fingerprint density at radius 1 is 1.30 bits per heavy atom. The molecule has 0 spiro atoms. The van der Waals surface area contributed by atoms with Gasteiger partial charge in [0.2, 0.25) is 5.91 Å². The second-order valence-electron chi connectivity index (χ2n) is 7.17. The molecule has 30 heavy (non-hydrogen) atoms. The maximum atomic E-state index is 13.2. The number of thiophene rings is 1. The first kappa shape index (κ1) is 20.9. The number of carbonyl (C=O) groups is 1. The summed E-state index contributed by atoms with van der Waals surface area (Å²) in [6, 6.07) is 5.15. The van der Waals surface area contributed by atoms with Gasteiger partial charge in [-0.25, -0.2) is 4.98 Å². The number of halogens is 4. The fourth-order valence-electron chi connectivity index (χ4n) is 3.79. The highest BCUT2D eigenvalue weighted by molar-refractivity contribution is 7.17. The van der Waals surface area contributed by atoms with E-state index in [-0.39, 0.29) is 25.2 Å². The minimum Gasteiger partial charge on any atom is -0.329 e. The van der Waals surface area contributed by atoms with Crippen molar-refractivity contribution in [3.05, 3.63) is 50.8 Å². The molecule has 0 bridgehead atoms. The molecule has 0 saturated carbocycles. The number of aromatic nitrogens is 2. The van der Waals surface area contributed by atoms with Gasteiger partial charge in [-0.2, -0.15) is 13.2 Å². The van der Waals surface area contributed by atoms with E-state index < -0.39 is 30.2 Å². The first-order valence-electron chi connectivity index (χ1n) is 9.27. The van der Waals surface area contributed by atoms with Gasteiger partial charge in [0.25, 0.3) is 5.56 Å². The summed E-state index contributed by atoms with van der Waals surface area (Å²) in [7, 11) is 0. The van der Waals surface area contributed by atoms with Crippen LogP contribution in [0, 0.1) is 6.92 Å². The molecule has 1 aliphatic rings. The Bertz CT molecular complexity index is 1170. The third-order valence-corrected chi connectivity index (χ3v) is 6.41. The molecule has 1 saturated heterocycles. The molecular formula is C20H17ClF3N3O2S. The van der Waals surface area contributed by atoms with Crippen molar-refractivity contribution < 1.29 is 18.0 Å². The zero-order chi connectivity index (χ0) is 21.6. The van der Waals surface area contributed by atoms with E-state index in [2.05, 4.69) is 4.98 Å². The van der Waals surface area contributed by atoms with Crippen LogP contribution in [0.1, 0.15) is 18.7 Å². The van der Waals surface area contributed by atoms with Crippen molar-refractivity contribution in [2.45, 2.75) is 38.5 Å². The smallest absolute Gasteiger partial charge is 0.329 e. The lowest BCUT2D eigenvalue weighted by molar-refractivity contribution is -0.183. The summed E-state index contributed by atoms with van der Waals surface area (Å²) < 4.78 is 40.8. The zero-order valence-corrected chi connectivity index (χ0v) is 17.4. The third kappa shape index (κ3) is 3.72. The van der Waals surface area contributed by atoms with Crippen LogP contribution in [-0.4, -0.2) is 39.1 Å². The molecule has 0 radical (unpaired) electrons. The van der Waals surface area contributed by atoms with E-state index >= 15 is 0 Å². The van der Waals surface area contributed by atoms with E-state index in [0.717, 1.165) is 15.0 Å². The van der Waals surface area contributed by atoms with Gasteiger partial charge in [-0.3, -0.25) is 14.2 Å². The first-order valence-corrected chi connectivity index (χ1v) is 10.5. The van der Waals surface area contributed by atoms with Crippen LogP contribution >= 0.6 is 22.9 Å². The number of rotatable bonds is 3. The van der Waals surface area contributed by atoms with Gasteiger partial charge in [-0.1, -0.05) is 23.7 Å². The monoisotopic (exact) mass is 455 g/mol. The van der Waals surface area contributed by atoms with Crippen molar-refractivity contribution in [3.8, 4) is 11.1 Å². The number of likely N-dealkylation sites (tertiary alicyclic amines) is 1. The number of aryl methyl sites for hydroxylation is 1. The molecule has 1 fully saturated rings.